The summed E-state index contributed by atoms with van der Waals surface area (Å²) in [4.78, 5) is 27.8. The predicted octanol–water partition coefficient (Wildman–Crippen LogP) is 9.50. The molecule has 1 N–H and O–H groups in total. The van der Waals surface area contributed by atoms with Crippen molar-refractivity contribution < 1.29 is 24.2 Å². The fraction of sp³-hybridized carbons (Fsp3) is 0.639. The molecule has 1 aromatic carbocycles. The van der Waals surface area contributed by atoms with Crippen LogP contribution in [0.1, 0.15) is 138 Å². The number of phenolic OH excluding ortho intramolecular Hbond substituents is 1. The average molecular weight is 584 g/mol. The fourth-order valence-electron chi connectivity index (χ4n) is 4.10. The van der Waals surface area contributed by atoms with Crippen LogP contribution in [-0.4, -0.2) is 27.6 Å². The maximum Gasteiger partial charge on any atom is 0.312 e. The molecule has 0 spiro atoms. The van der Waals surface area contributed by atoms with E-state index in [4.69, 9.17) is 14.6 Å². The van der Waals surface area contributed by atoms with Gasteiger partial charge in [-0.25, -0.2) is 0 Å². The third-order valence-electron chi connectivity index (χ3n) is 8.67. The molecule has 3 rings (SSSR count). The molecule has 1 unspecified atom stereocenters. The highest BCUT2D eigenvalue weighted by molar-refractivity contribution is 5.76. The van der Waals surface area contributed by atoms with Crippen LogP contribution in [0.2, 0.25) is 0 Å². The van der Waals surface area contributed by atoms with Gasteiger partial charge in [0.25, 0.3) is 0 Å². The monoisotopic (exact) mass is 583 g/mol. The van der Waals surface area contributed by atoms with Crippen molar-refractivity contribution in [1.29, 1.82) is 0 Å². The van der Waals surface area contributed by atoms with E-state index in [9.17, 15) is 9.59 Å². The number of hydrogen-bond donors (Lipinski definition) is 1. The molecule has 0 saturated heterocycles. The van der Waals surface area contributed by atoms with Gasteiger partial charge in [0.2, 0.25) is 0 Å². The number of benzene rings is 1. The van der Waals surface area contributed by atoms with Crippen molar-refractivity contribution in [2.75, 3.05) is 0 Å². The van der Waals surface area contributed by atoms with E-state index in [-0.39, 0.29) is 23.0 Å². The lowest BCUT2D eigenvalue weighted by atomic mass is 9.90. The van der Waals surface area contributed by atoms with Crippen molar-refractivity contribution in [2.45, 2.75) is 138 Å². The number of aromatic nitrogens is 1. The maximum absolute atomic E-state index is 12.0. The summed E-state index contributed by atoms with van der Waals surface area (Å²) in [6.07, 6.45) is 10.6. The molecular formula is C36H57NO5. The van der Waals surface area contributed by atoms with Crippen LogP contribution >= 0.6 is 0 Å². The Morgan fingerprint density at radius 1 is 0.857 bits per heavy atom. The van der Waals surface area contributed by atoms with Crippen LogP contribution in [0.15, 0.2) is 48.8 Å². The highest BCUT2D eigenvalue weighted by Gasteiger charge is 2.37. The minimum atomic E-state index is -0.619. The van der Waals surface area contributed by atoms with Crippen LogP contribution in [-0.2, 0) is 24.7 Å². The van der Waals surface area contributed by atoms with E-state index < -0.39 is 11.0 Å². The Hall–Kier alpha value is -2.89. The number of aromatic hydroxyl groups is 1. The fourth-order valence-corrected chi connectivity index (χ4v) is 4.10. The van der Waals surface area contributed by atoms with E-state index in [1.54, 1.807) is 24.5 Å². The summed E-state index contributed by atoms with van der Waals surface area (Å²) < 4.78 is 11.2. The number of nitrogens with zero attached hydrogens (tertiary/aromatic N) is 1. The van der Waals surface area contributed by atoms with Crippen molar-refractivity contribution in [3.8, 4) is 5.75 Å². The summed E-state index contributed by atoms with van der Waals surface area (Å²) in [6.45, 7) is 21.9. The third-order valence-corrected chi connectivity index (χ3v) is 8.67. The van der Waals surface area contributed by atoms with Gasteiger partial charge in [-0.05, 0) is 135 Å². The van der Waals surface area contributed by atoms with Crippen LogP contribution in [0.25, 0.3) is 0 Å². The number of carbonyl (C=O) groups is 2. The summed E-state index contributed by atoms with van der Waals surface area (Å²) in [7, 11) is 0. The first-order valence-corrected chi connectivity index (χ1v) is 15.6. The summed E-state index contributed by atoms with van der Waals surface area (Å²) >= 11 is 0. The number of hydrogen-bond acceptors (Lipinski definition) is 6. The molecule has 42 heavy (non-hydrogen) atoms. The lowest BCUT2D eigenvalue weighted by Gasteiger charge is -2.30. The third kappa shape index (κ3) is 11.8. The zero-order chi connectivity index (χ0) is 32.2. The Bertz CT molecular complexity index is 1080. The van der Waals surface area contributed by atoms with Crippen molar-refractivity contribution >= 4 is 11.9 Å². The smallest absolute Gasteiger partial charge is 0.312 e. The van der Waals surface area contributed by atoms with Gasteiger partial charge < -0.3 is 14.6 Å². The van der Waals surface area contributed by atoms with Gasteiger partial charge in [-0.1, -0.05) is 39.8 Å². The molecule has 236 valence electrons. The summed E-state index contributed by atoms with van der Waals surface area (Å²) in [5.41, 5.74) is 0.685. The Morgan fingerprint density at radius 2 is 1.33 bits per heavy atom. The van der Waals surface area contributed by atoms with Gasteiger partial charge in [-0.2, -0.15) is 0 Å². The highest BCUT2D eigenvalue weighted by atomic mass is 16.6. The number of rotatable bonds is 9. The van der Waals surface area contributed by atoms with Gasteiger partial charge in [0.1, 0.15) is 17.0 Å². The van der Waals surface area contributed by atoms with Crippen LogP contribution in [0.3, 0.4) is 0 Å². The molecule has 6 heteroatoms. The first-order chi connectivity index (χ1) is 19.4. The normalized spacial score (nSPS) is 15.3. The average Bonchev–Trinajstić information content (AvgIpc) is 3.39. The SMILES string of the molecule is CCC(C)(C)C(=O)OC(C)(C)c1ccncc1.CCC(C)(C)C(=O)OC1(C)CCCC1.CCC(C)c1ccc(O)cc1. The molecule has 1 aliphatic carbocycles. The van der Waals surface area contributed by atoms with E-state index in [0.717, 1.165) is 37.7 Å². The van der Waals surface area contributed by atoms with Crippen LogP contribution < -0.4 is 0 Å². The quantitative estimate of drug-likeness (QED) is 0.296. The van der Waals surface area contributed by atoms with Crippen LogP contribution in [0.4, 0.5) is 0 Å². The Balaban J connectivity index is 0.000000322. The first-order valence-electron chi connectivity index (χ1n) is 15.6. The summed E-state index contributed by atoms with van der Waals surface area (Å²) in [5, 5.41) is 9.01. The molecule has 1 fully saturated rings. The Kier molecular flexibility index (Phi) is 14.2. The minimum absolute atomic E-state index is 0.0376. The number of pyridine rings is 1. The number of esters is 2. The van der Waals surface area contributed by atoms with E-state index in [1.165, 1.54) is 18.4 Å². The van der Waals surface area contributed by atoms with Crippen LogP contribution in [0.5, 0.6) is 5.75 Å². The second-order valence-electron chi connectivity index (χ2n) is 13.6. The van der Waals surface area contributed by atoms with Gasteiger partial charge in [0, 0.05) is 12.4 Å². The summed E-state index contributed by atoms with van der Waals surface area (Å²) in [5.74, 6) is 0.735. The zero-order valence-corrected chi connectivity index (χ0v) is 28.2. The predicted molar refractivity (Wildman–Crippen MR) is 171 cm³/mol. The van der Waals surface area contributed by atoms with Crippen molar-refractivity contribution in [2.24, 2.45) is 10.8 Å². The van der Waals surface area contributed by atoms with Crippen molar-refractivity contribution in [3.05, 3.63) is 59.9 Å². The molecule has 0 aliphatic heterocycles. The van der Waals surface area contributed by atoms with Gasteiger partial charge in [-0.15, -0.1) is 0 Å². The first kappa shape index (κ1) is 37.1. The van der Waals surface area contributed by atoms with Gasteiger partial charge in [0.05, 0.1) is 10.8 Å². The molecule has 0 bridgehead atoms. The Morgan fingerprint density at radius 3 is 1.79 bits per heavy atom. The molecule has 0 radical (unpaired) electrons. The lowest BCUT2D eigenvalue weighted by molar-refractivity contribution is -0.169. The zero-order valence-electron chi connectivity index (χ0n) is 28.2. The molecule has 1 saturated carbocycles. The minimum Gasteiger partial charge on any atom is -0.508 e. The van der Waals surface area contributed by atoms with Gasteiger partial charge >= 0.3 is 11.9 Å². The van der Waals surface area contributed by atoms with Gasteiger partial charge in [-0.3, -0.25) is 14.6 Å². The highest BCUT2D eigenvalue weighted by Crippen LogP contribution is 2.35. The molecule has 6 nitrogen and oxygen atoms in total. The molecule has 0 amide bonds. The largest absolute Gasteiger partial charge is 0.508 e. The molecule has 1 atom stereocenters. The second-order valence-corrected chi connectivity index (χ2v) is 13.6. The second kappa shape index (κ2) is 16.1. The van der Waals surface area contributed by atoms with E-state index in [0.29, 0.717) is 11.7 Å². The number of ether oxygens (including phenoxy) is 2. The topological polar surface area (TPSA) is 85.7 Å². The van der Waals surface area contributed by atoms with E-state index >= 15 is 0 Å². The van der Waals surface area contributed by atoms with Gasteiger partial charge in [0.15, 0.2) is 0 Å². The molecule has 1 heterocycles. The number of carbonyl (C=O) groups excluding carboxylic acids is 2. The summed E-state index contributed by atoms with van der Waals surface area (Å²) in [6, 6.07) is 11.2. The van der Waals surface area contributed by atoms with E-state index in [2.05, 4.69) is 25.8 Å². The maximum atomic E-state index is 12.0. The molecule has 1 aliphatic rings. The van der Waals surface area contributed by atoms with Crippen molar-refractivity contribution in [1.82, 2.24) is 4.98 Å². The molecule has 1 aromatic heterocycles. The van der Waals surface area contributed by atoms with E-state index in [1.807, 2.05) is 79.7 Å². The standard InChI is InChI=1S/C14H21NO2.C12H22O2.C10H14O/c1-6-13(2,3)12(16)17-14(4,5)11-7-9-15-10-8-11;1-5-11(2,3)10(13)14-12(4)8-6-7-9-12;1-3-8(2)9-4-6-10(11)7-5-9/h7-10H,6H2,1-5H3;5-9H2,1-4H3;4-8,11H,3H2,1-2H3. The lowest BCUT2D eigenvalue weighted by Crippen LogP contribution is -2.35. The number of phenols is 1. The van der Waals surface area contributed by atoms with Crippen molar-refractivity contribution in [3.63, 3.8) is 0 Å². The van der Waals surface area contributed by atoms with Crippen LogP contribution in [0, 0.1) is 10.8 Å². The molecular weight excluding hydrogens is 526 g/mol. The molecule has 2 aromatic rings. The Labute approximate surface area is 255 Å².